The Morgan fingerprint density at radius 1 is 1.50 bits per heavy atom. The number of halogens is 1. The fraction of sp³-hybridized carbons (Fsp3) is 0.538. The lowest BCUT2D eigenvalue weighted by molar-refractivity contribution is 0.407. The van der Waals surface area contributed by atoms with Crippen molar-refractivity contribution >= 4 is 0 Å². The van der Waals surface area contributed by atoms with Crippen LogP contribution >= 0.6 is 0 Å². The summed E-state index contributed by atoms with van der Waals surface area (Å²) in [6.45, 7) is 2.92. The van der Waals surface area contributed by atoms with Crippen molar-refractivity contribution in [1.82, 2.24) is 5.32 Å². The minimum Gasteiger partial charge on any atom is -0.497 e. The highest BCUT2D eigenvalue weighted by atomic mass is 19.1. The van der Waals surface area contributed by atoms with Crippen LogP contribution in [-0.2, 0) is 0 Å². The Hall–Kier alpha value is -1.09. The second-order valence-corrected chi connectivity index (χ2v) is 4.26. The fourth-order valence-corrected chi connectivity index (χ4v) is 2.07. The van der Waals surface area contributed by atoms with Gasteiger partial charge in [-0.15, -0.1) is 0 Å². The van der Waals surface area contributed by atoms with Crippen LogP contribution in [-0.4, -0.2) is 13.7 Å². The Balaban J connectivity index is 2.22. The molecule has 1 aliphatic rings. The standard InChI is InChI=1S/C13H18FNO/c1-3-15-13(9-4-5-9)11-7-6-10(16-2)8-12(11)14/h6-9,13,15H,3-5H2,1-2H3. The van der Waals surface area contributed by atoms with Gasteiger partial charge in [0, 0.05) is 17.7 Å². The summed E-state index contributed by atoms with van der Waals surface area (Å²) in [4.78, 5) is 0. The molecule has 0 radical (unpaired) electrons. The van der Waals surface area contributed by atoms with E-state index in [-0.39, 0.29) is 11.9 Å². The maximum absolute atomic E-state index is 13.9. The second-order valence-electron chi connectivity index (χ2n) is 4.26. The van der Waals surface area contributed by atoms with Crippen LogP contribution in [0.5, 0.6) is 5.75 Å². The van der Waals surface area contributed by atoms with E-state index in [1.165, 1.54) is 18.9 Å². The maximum atomic E-state index is 13.9. The average Bonchev–Trinajstić information content (AvgIpc) is 3.10. The topological polar surface area (TPSA) is 21.3 Å². The molecule has 1 fully saturated rings. The minimum absolute atomic E-state index is 0.163. The molecule has 0 spiro atoms. The maximum Gasteiger partial charge on any atom is 0.131 e. The Labute approximate surface area is 95.8 Å². The van der Waals surface area contributed by atoms with Crippen LogP contribution in [0.25, 0.3) is 0 Å². The lowest BCUT2D eigenvalue weighted by Crippen LogP contribution is -2.23. The molecule has 1 atom stereocenters. The number of ether oxygens (including phenoxy) is 1. The van der Waals surface area contributed by atoms with Crippen molar-refractivity contribution in [2.24, 2.45) is 5.92 Å². The number of methoxy groups -OCH3 is 1. The molecule has 0 bridgehead atoms. The number of rotatable bonds is 5. The minimum atomic E-state index is -0.169. The first-order valence-corrected chi connectivity index (χ1v) is 5.83. The van der Waals surface area contributed by atoms with E-state index in [1.807, 2.05) is 12.1 Å². The molecule has 1 aliphatic carbocycles. The molecule has 2 nitrogen and oxygen atoms in total. The zero-order chi connectivity index (χ0) is 11.5. The summed E-state index contributed by atoms with van der Waals surface area (Å²) in [6, 6.07) is 5.28. The zero-order valence-corrected chi connectivity index (χ0v) is 9.79. The van der Waals surface area contributed by atoms with E-state index in [0.717, 1.165) is 12.1 Å². The van der Waals surface area contributed by atoms with Crippen molar-refractivity contribution in [2.45, 2.75) is 25.8 Å². The van der Waals surface area contributed by atoms with Gasteiger partial charge in [-0.1, -0.05) is 13.0 Å². The first-order valence-electron chi connectivity index (χ1n) is 5.83. The molecule has 3 heteroatoms. The van der Waals surface area contributed by atoms with Gasteiger partial charge < -0.3 is 10.1 Å². The van der Waals surface area contributed by atoms with Crippen molar-refractivity contribution in [3.63, 3.8) is 0 Å². The highest BCUT2D eigenvalue weighted by molar-refractivity contribution is 5.31. The molecular weight excluding hydrogens is 205 g/mol. The molecule has 1 aromatic carbocycles. The van der Waals surface area contributed by atoms with Crippen LogP contribution < -0.4 is 10.1 Å². The van der Waals surface area contributed by atoms with Gasteiger partial charge in [0.2, 0.25) is 0 Å². The summed E-state index contributed by atoms with van der Waals surface area (Å²) < 4.78 is 18.9. The van der Waals surface area contributed by atoms with Crippen molar-refractivity contribution in [3.8, 4) is 5.75 Å². The highest BCUT2D eigenvalue weighted by Gasteiger charge is 2.33. The average molecular weight is 223 g/mol. The molecule has 0 saturated heterocycles. The smallest absolute Gasteiger partial charge is 0.131 e. The predicted molar refractivity (Wildman–Crippen MR) is 62.1 cm³/mol. The molecule has 0 aliphatic heterocycles. The van der Waals surface area contributed by atoms with Gasteiger partial charge in [-0.25, -0.2) is 4.39 Å². The Morgan fingerprint density at radius 3 is 2.75 bits per heavy atom. The van der Waals surface area contributed by atoms with Crippen LogP contribution in [0.15, 0.2) is 18.2 Å². The number of hydrogen-bond acceptors (Lipinski definition) is 2. The highest BCUT2D eigenvalue weighted by Crippen LogP contribution is 2.42. The van der Waals surface area contributed by atoms with Crippen LogP contribution in [0.2, 0.25) is 0 Å². The predicted octanol–water partition coefficient (Wildman–Crippen LogP) is 2.89. The normalized spacial score (nSPS) is 17.2. The molecule has 1 saturated carbocycles. The summed E-state index contributed by atoms with van der Waals surface area (Å²) in [5.74, 6) is 1.01. The van der Waals surface area contributed by atoms with E-state index in [0.29, 0.717) is 11.7 Å². The molecule has 0 aromatic heterocycles. The van der Waals surface area contributed by atoms with E-state index in [1.54, 1.807) is 7.11 Å². The van der Waals surface area contributed by atoms with Crippen molar-refractivity contribution in [3.05, 3.63) is 29.6 Å². The van der Waals surface area contributed by atoms with E-state index in [9.17, 15) is 4.39 Å². The largest absolute Gasteiger partial charge is 0.497 e. The van der Waals surface area contributed by atoms with Gasteiger partial charge in [-0.05, 0) is 31.4 Å². The lowest BCUT2D eigenvalue weighted by Gasteiger charge is -2.18. The molecular formula is C13H18FNO. The zero-order valence-electron chi connectivity index (χ0n) is 9.79. The Kier molecular flexibility index (Phi) is 3.44. The molecule has 16 heavy (non-hydrogen) atoms. The van der Waals surface area contributed by atoms with E-state index >= 15 is 0 Å². The van der Waals surface area contributed by atoms with E-state index in [4.69, 9.17) is 4.74 Å². The van der Waals surface area contributed by atoms with Gasteiger partial charge >= 0.3 is 0 Å². The molecule has 88 valence electrons. The van der Waals surface area contributed by atoms with Gasteiger partial charge in [-0.3, -0.25) is 0 Å². The summed E-state index contributed by atoms with van der Waals surface area (Å²) in [5, 5.41) is 3.36. The van der Waals surface area contributed by atoms with Gasteiger partial charge in [-0.2, -0.15) is 0 Å². The third kappa shape index (κ3) is 2.35. The first kappa shape index (κ1) is 11.4. The summed E-state index contributed by atoms with van der Waals surface area (Å²) in [7, 11) is 1.55. The van der Waals surface area contributed by atoms with Gasteiger partial charge in [0.15, 0.2) is 0 Å². The third-order valence-electron chi connectivity index (χ3n) is 3.06. The summed E-state index contributed by atoms with van der Waals surface area (Å²) in [6.07, 6.45) is 2.40. The van der Waals surface area contributed by atoms with Gasteiger partial charge in [0.25, 0.3) is 0 Å². The number of nitrogens with one attached hydrogen (secondary N) is 1. The fourth-order valence-electron chi connectivity index (χ4n) is 2.07. The monoisotopic (exact) mass is 223 g/mol. The Morgan fingerprint density at radius 2 is 2.25 bits per heavy atom. The SMILES string of the molecule is CCNC(c1ccc(OC)cc1F)C1CC1. The van der Waals surface area contributed by atoms with Gasteiger partial charge in [0.1, 0.15) is 11.6 Å². The van der Waals surface area contributed by atoms with Crippen LogP contribution in [0, 0.1) is 11.7 Å². The molecule has 0 heterocycles. The number of benzene rings is 1. The lowest BCUT2D eigenvalue weighted by atomic mass is 10.0. The first-order chi connectivity index (χ1) is 7.76. The second kappa shape index (κ2) is 4.83. The van der Waals surface area contributed by atoms with Crippen LogP contribution in [0.3, 0.4) is 0 Å². The van der Waals surface area contributed by atoms with Crippen LogP contribution in [0.1, 0.15) is 31.4 Å². The molecule has 1 N–H and O–H groups in total. The number of hydrogen-bond donors (Lipinski definition) is 1. The third-order valence-corrected chi connectivity index (χ3v) is 3.06. The van der Waals surface area contributed by atoms with Gasteiger partial charge in [0.05, 0.1) is 7.11 Å². The molecule has 2 rings (SSSR count). The van der Waals surface area contributed by atoms with Crippen molar-refractivity contribution < 1.29 is 9.13 Å². The molecule has 1 unspecified atom stereocenters. The quantitative estimate of drug-likeness (QED) is 0.828. The Bertz CT molecular complexity index is 363. The summed E-state index contributed by atoms with van der Waals surface area (Å²) in [5.41, 5.74) is 0.769. The van der Waals surface area contributed by atoms with Crippen LogP contribution in [0.4, 0.5) is 4.39 Å². The molecule has 0 amide bonds. The van der Waals surface area contributed by atoms with E-state index < -0.39 is 0 Å². The van der Waals surface area contributed by atoms with Crippen molar-refractivity contribution in [2.75, 3.05) is 13.7 Å². The van der Waals surface area contributed by atoms with Crippen molar-refractivity contribution in [1.29, 1.82) is 0 Å². The summed E-state index contributed by atoms with van der Waals surface area (Å²) >= 11 is 0. The van der Waals surface area contributed by atoms with E-state index in [2.05, 4.69) is 12.2 Å². The molecule has 1 aromatic rings.